The van der Waals surface area contributed by atoms with E-state index in [0.29, 0.717) is 47.4 Å². The molecule has 2 unspecified atom stereocenters. The van der Waals surface area contributed by atoms with Crippen LogP contribution in [0.1, 0.15) is 88.1 Å². The van der Waals surface area contributed by atoms with Crippen LogP contribution in [0.5, 0.6) is 0 Å². The van der Waals surface area contributed by atoms with Gasteiger partial charge in [-0.3, -0.25) is 9.59 Å². The number of hydrogen-bond donors (Lipinski definition) is 2. The van der Waals surface area contributed by atoms with Crippen LogP contribution in [0.25, 0.3) is 0 Å². The Hall–Kier alpha value is -3.88. The molecule has 0 bridgehead atoms. The number of epoxide rings is 1. The second-order valence-electron chi connectivity index (χ2n) is 13.2. The van der Waals surface area contributed by atoms with Crippen LogP contribution in [-0.2, 0) is 9.53 Å². The number of hydrogen-bond acceptors (Lipinski definition) is 4. The molecule has 1 saturated carbocycles. The van der Waals surface area contributed by atoms with Crippen LogP contribution < -0.4 is 10.6 Å². The lowest BCUT2D eigenvalue weighted by Gasteiger charge is -2.39. The molecule has 4 aliphatic rings. The van der Waals surface area contributed by atoms with Crippen LogP contribution >= 0.6 is 0 Å². The van der Waals surface area contributed by atoms with E-state index in [0.717, 1.165) is 25.1 Å². The summed E-state index contributed by atoms with van der Waals surface area (Å²) in [5, 5.41) is 6.42. The molecule has 5 nitrogen and oxygen atoms in total. The molecule has 1 saturated heterocycles. The molecule has 0 aromatic heterocycles. The fourth-order valence-electron chi connectivity index (χ4n) is 7.36. The van der Waals surface area contributed by atoms with E-state index in [4.69, 9.17) is 11.2 Å². The highest BCUT2D eigenvalue weighted by Gasteiger charge is 2.64. The van der Waals surface area contributed by atoms with Gasteiger partial charge >= 0.3 is 0 Å². The summed E-state index contributed by atoms with van der Waals surface area (Å²) in [4.78, 5) is 25.4. The summed E-state index contributed by atoms with van der Waals surface area (Å²) in [7, 11) is 0. The lowest BCUT2D eigenvalue weighted by Crippen LogP contribution is -2.34. The zero-order valence-corrected chi connectivity index (χ0v) is 25.6. The van der Waals surface area contributed by atoms with Gasteiger partial charge in [-0.05, 0) is 103 Å². The molecule has 3 aliphatic carbocycles. The highest BCUT2D eigenvalue weighted by atomic mass is 16.6. The number of terminal acetylenes is 1. The second kappa shape index (κ2) is 11.7. The third-order valence-corrected chi connectivity index (χ3v) is 9.89. The first kappa shape index (κ1) is 29.2. The molecule has 43 heavy (non-hydrogen) atoms. The molecule has 1 spiro atoms. The Morgan fingerprint density at radius 2 is 1.86 bits per heavy atom. The Morgan fingerprint density at radius 1 is 1.05 bits per heavy atom. The highest BCUT2D eigenvalue weighted by Crippen LogP contribution is 2.65. The van der Waals surface area contributed by atoms with E-state index < -0.39 is 0 Å². The van der Waals surface area contributed by atoms with Gasteiger partial charge in [-0.15, -0.1) is 12.3 Å². The van der Waals surface area contributed by atoms with Gasteiger partial charge in [0.25, 0.3) is 0 Å². The molecule has 6 rings (SSSR count). The summed E-state index contributed by atoms with van der Waals surface area (Å²) in [6, 6.07) is 14.7. The molecule has 1 amide bonds. The number of fused-ring (bicyclic) bond motifs is 2. The minimum atomic E-state index is -0.105. The quantitative estimate of drug-likeness (QED) is 0.131. The normalized spacial score (nSPS) is 25.4. The fourth-order valence-corrected chi connectivity index (χ4v) is 7.36. The van der Waals surface area contributed by atoms with E-state index in [1.54, 1.807) is 35.4 Å². The van der Waals surface area contributed by atoms with Crippen molar-refractivity contribution in [3.8, 4) is 12.3 Å². The van der Waals surface area contributed by atoms with E-state index in [2.05, 4.69) is 49.5 Å². The van der Waals surface area contributed by atoms with Gasteiger partial charge in [0.15, 0.2) is 5.78 Å². The number of amides is 1. The molecule has 1 aliphatic heterocycles. The Balaban J connectivity index is 1.10. The van der Waals surface area contributed by atoms with Crippen molar-refractivity contribution in [1.29, 1.82) is 0 Å². The van der Waals surface area contributed by atoms with Gasteiger partial charge in [-0.25, -0.2) is 0 Å². The second-order valence-corrected chi connectivity index (χ2v) is 13.2. The van der Waals surface area contributed by atoms with Gasteiger partial charge < -0.3 is 15.4 Å². The average molecular weight is 575 g/mol. The van der Waals surface area contributed by atoms with E-state index in [-0.39, 0.29) is 23.4 Å². The summed E-state index contributed by atoms with van der Waals surface area (Å²) >= 11 is 0. The zero-order chi connectivity index (χ0) is 30.2. The van der Waals surface area contributed by atoms with Crippen LogP contribution in [0.4, 0.5) is 11.4 Å². The lowest BCUT2D eigenvalue weighted by atomic mass is 9.64. The van der Waals surface area contributed by atoms with Gasteiger partial charge in [0, 0.05) is 41.9 Å². The van der Waals surface area contributed by atoms with Crippen molar-refractivity contribution in [3.63, 3.8) is 0 Å². The minimum Gasteiger partial charge on any atom is -0.381 e. The molecule has 3 atom stereocenters. The number of ketones is 1. The number of carbonyl (C=O) groups excluding carboxylic acids is 2. The summed E-state index contributed by atoms with van der Waals surface area (Å²) in [5.41, 5.74) is 8.97. The van der Waals surface area contributed by atoms with Crippen LogP contribution in [-0.4, -0.2) is 29.9 Å². The van der Waals surface area contributed by atoms with Crippen molar-refractivity contribution >= 4 is 23.1 Å². The van der Waals surface area contributed by atoms with Gasteiger partial charge in [-0.2, -0.15) is 0 Å². The number of benzene rings is 2. The van der Waals surface area contributed by atoms with Crippen molar-refractivity contribution in [2.45, 2.75) is 83.8 Å². The van der Waals surface area contributed by atoms with Gasteiger partial charge in [-0.1, -0.05) is 50.6 Å². The van der Waals surface area contributed by atoms with Crippen molar-refractivity contribution in [2.24, 2.45) is 11.3 Å². The largest absolute Gasteiger partial charge is 0.381 e. The smallest absolute Gasteiger partial charge is 0.224 e. The third kappa shape index (κ3) is 5.74. The highest BCUT2D eigenvalue weighted by molar-refractivity contribution is 6.09. The van der Waals surface area contributed by atoms with Gasteiger partial charge in [0.2, 0.25) is 5.91 Å². The number of unbranched alkanes of at least 4 members (excludes halogenated alkanes) is 1. The Labute approximate surface area is 255 Å². The molecule has 1 heterocycles. The topological polar surface area (TPSA) is 70.7 Å². The van der Waals surface area contributed by atoms with Crippen molar-refractivity contribution in [1.82, 2.24) is 0 Å². The van der Waals surface area contributed by atoms with Crippen LogP contribution in [0, 0.1) is 23.7 Å². The Kier molecular flexibility index (Phi) is 7.92. The van der Waals surface area contributed by atoms with Crippen molar-refractivity contribution in [3.05, 3.63) is 94.1 Å². The van der Waals surface area contributed by atoms with Crippen molar-refractivity contribution < 1.29 is 14.3 Å². The first-order valence-corrected chi connectivity index (χ1v) is 15.8. The predicted octanol–water partition coefficient (Wildman–Crippen LogP) is 8.01. The zero-order valence-electron chi connectivity index (χ0n) is 25.6. The summed E-state index contributed by atoms with van der Waals surface area (Å²) in [6.07, 6.45) is 17.6. The van der Waals surface area contributed by atoms with E-state index in [9.17, 15) is 9.59 Å². The average Bonchev–Trinajstić information content (AvgIpc) is 3.60. The number of anilines is 2. The molecular formula is C38H42N2O3. The molecule has 2 N–H and O–H groups in total. The Bertz CT molecular complexity index is 1570. The van der Waals surface area contributed by atoms with E-state index in [1.165, 1.54) is 30.4 Å². The lowest BCUT2D eigenvalue weighted by molar-refractivity contribution is -0.116. The summed E-state index contributed by atoms with van der Waals surface area (Å²) in [6.45, 7) is 7.88. The first-order valence-electron chi connectivity index (χ1n) is 15.8. The number of allylic oxidation sites excluding steroid dienone is 3. The maximum absolute atomic E-state index is 13.2. The maximum Gasteiger partial charge on any atom is 0.224 e. The van der Waals surface area contributed by atoms with Gasteiger partial charge in [0.05, 0.1) is 6.10 Å². The molecule has 2 aromatic carbocycles. The van der Waals surface area contributed by atoms with Crippen molar-refractivity contribution in [2.75, 3.05) is 17.2 Å². The molecule has 0 radical (unpaired) electrons. The fraction of sp³-hybridized carbons (Fsp3) is 0.421. The van der Waals surface area contributed by atoms with Crippen LogP contribution in [0.3, 0.4) is 0 Å². The van der Waals surface area contributed by atoms with Crippen LogP contribution in [0.2, 0.25) is 0 Å². The molecule has 2 fully saturated rings. The number of rotatable bonds is 10. The number of carbonyl (C=O) groups is 2. The summed E-state index contributed by atoms with van der Waals surface area (Å²) < 4.78 is 6.51. The van der Waals surface area contributed by atoms with E-state index >= 15 is 0 Å². The van der Waals surface area contributed by atoms with Crippen LogP contribution in [0.15, 0.2) is 83.0 Å². The van der Waals surface area contributed by atoms with Gasteiger partial charge in [0.1, 0.15) is 5.60 Å². The third-order valence-electron chi connectivity index (χ3n) is 9.89. The summed E-state index contributed by atoms with van der Waals surface area (Å²) in [5.74, 6) is 2.93. The predicted molar refractivity (Wildman–Crippen MR) is 173 cm³/mol. The monoisotopic (exact) mass is 574 g/mol. The first-order chi connectivity index (χ1) is 20.7. The number of nitrogens with one attached hydrogen (secondary N) is 2. The Morgan fingerprint density at radius 3 is 2.63 bits per heavy atom. The van der Waals surface area contributed by atoms with E-state index in [1.807, 2.05) is 24.3 Å². The standard InChI is InChI=1S/C38H42N2O3/c1-5-6-7-11-34(41)40-30-10-8-9-28(23-30)36(42)27-13-15-29(16-14-27)39-24-26-12-17-32-35-31(25(2)3)18-19-37(35,4)20-21-38(32)33(22-26)43-38/h1,8-10,12-17,23,25,33,39H,6-7,11,18-22,24H2,2-4H3,(H,40,41)/t33?,37?,38-/m0/s1. The molecular weight excluding hydrogens is 532 g/mol. The maximum atomic E-state index is 13.2. The molecule has 222 valence electrons. The molecule has 2 aromatic rings. The minimum absolute atomic E-state index is 0.0817. The SMILES string of the molecule is C#CCCCC(=O)Nc1cccc(C(=O)c2ccc(NCC3=CC=C4C5=C(C(C)C)CCC5(C)CC[C@]45OC5C3)cc2)c1. The molecule has 5 heteroatoms. The number of ether oxygens (including phenoxy) is 1.